The molecule has 194 valence electrons. The van der Waals surface area contributed by atoms with Crippen molar-refractivity contribution in [2.45, 2.75) is 58.7 Å². The van der Waals surface area contributed by atoms with E-state index in [9.17, 15) is 4.79 Å². The number of anilines is 1. The molecule has 10 nitrogen and oxygen atoms in total. The predicted molar refractivity (Wildman–Crippen MR) is 141 cm³/mol. The molecular weight excluding hydrogens is 468 g/mol. The van der Waals surface area contributed by atoms with Gasteiger partial charge in [0.15, 0.2) is 0 Å². The zero-order valence-electron chi connectivity index (χ0n) is 21.9. The molecule has 4 aromatic heterocycles. The lowest BCUT2D eigenvalue weighted by atomic mass is 9.85. The number of carbonyl (C=O) groups excluding carboxylic acids is 1. The normalized spacial score (nSPS) is 13.9. The van der Waals surface area contributed by atoms with E-state index in [-0.39, 0.29) is 6.09 Å². The summed E-state index contributed by atoms with van der Waals surface area (Å²) < 4.78 is 9.46. The molecule has 1 amide bonds. The minimum absolute atomic E-state index is 0.261. The summed E-state index contributed by atoms with van der Waals surface area (Å²) in [6, 6.07) is 6.00. The summed E-state index contributed by atoms with van der Waals surface area (Å²) in [7, 11) is 1.86. The first-order valence-electron chi connectivity index (χ1n) is 12.7. The van der Waals surface area contributed by atoms with E-state index in [1.807, 2.05) is 73.9 Å². The molecule has 0 spiro atoms. The molecule has 0 radical (unpaired) electrons. The van der Waals surface area contributed by atoms with Gasteiger partial charge in [-0.3, -0.25) is 4.98 Å². The lowest BCUT2D eigenvalue weighted by molar-refractivity contribution is 0.0173. The first-order chi connectivity index (χ1) is 17.8. The topological polar surface area (TPSA) is 102 Å². The Hall–Kier alpha value is -3.95. The fraction of sp³-hybridized carbons (Fsp3) is 0.444. The molecule has 1 fully saturated rings. The molecule has 0 saturated heterocycles. The van der Waals surface area contributed by atoms with Crippen molar-refractivity contribution in [3.05, 3.63) is 60.4 Å². The summed E-state index contributed by atoms with van der Waals surface area (Å²) in [6.45, 7) is 7.43. The molecule has 37 heavy (non-hydrogen) atoms. The van der Waals surface area contributed by atoms with Gasteiger partial charge in [0.1, 0.15) is 16.9 Å². The van der Waals surface area contributed by atoms with Crippen molar-refractivity contribution < 1.29 is 9.53 Å². The average molecular weight is 503 g/mol. The molecule has 0 bridgehead atoms. The van der Waals surface area contributed by atoms with Crippen LogP contribution in [-0.4, -0.2) is 59.5 Å². The number of hydrogen-bond acceptors (Lipinski definition) is 7. The van der Waals surface area contributed by atoms with Gasteiger partial charge in [0.25, 0.3) is 0 Å². The lowest BCUT2D eigenvalue weighted by Crippen LogP contribution is -2.40. The first-order valence-corrected chi connectivity index (χ1v) is 12.7. The third kappa shape index (κ3) is 6.07. The minimum Gasteiger partial charge on any atom is -0.444 e. The molecule has 4 aromatic rings. The third-order valence-electron chi connectivity index (χ3n) is 6.48. The number of amides is 1. The van der Waals surface area contributed by atoms with E-state index >= 15 is 0 Å². The molecule has 0 aromatic carbocycles. The maximum Gasteiger partial charge on any atom is 0.410 e. The van der Waals surface area contributed by atoms with Gasteiger partial charge in [-0.2, -0.15) is 0 Å². The fourth-order valence-corrected chi connectivity index (χ4v) is 4.39. The summed E-state index contributed by atoms with van der Waals surface area (Å²) in [6.07, 6.45) is 12.8. The van der Waals surface area contributed by atoms with E-state index in [2.05, 4.69) is 20.6 Å². The Morgan fingerprint density at radius 2 is 2.03 bits per heavy atom. The van der Waals surface area contributed by atoms with Gasteiger partial charge < -0.3 is 19.4 Å². The summed E-state index contributed by atoms with van der Waals surface area (Å²) in [4.78, 5) is 23.7. The maximum atomic E-state index is 12.9. The second-order valence-electron chi connectivity index (χ2n) is 10.7. The first kappa shape index (κ1) is 24.7. The molecule has 10 heteroatoms. The quantitative estimate of drug-likeness (QED) is 0.375. The van der Waals surface area contributed by atoms with Crippen LogP contribution in [0.4, 0.5) is 10.5 Å². The Morgan fingerprint density at radius 1 is 1.19 bits per heavy atom. The Labute approximate surface area is 216 Å². The number of carbonyl (C=O) groups is 1. The number of pyridine rings is 2. The van der Waals surface area contributed by atoms with Crippen LogP contribution in [0.1, 0.15) is 51.3 Å². The zero-order chi connectivity index (χ0) is 26.0. The number of imidazole rings is 1. The van der Waals surface area contributed by atoms with Crippen LogP contribution in [0.3, 0.4) is 0 Å². The highest BCUT2D eigenvalue weighted by molar-refractivity contribution is 5.68. The highest BCUT2D eigenvalue weighted by Crippen LogP contribution is 2.28. The van der Waals surface area contributed by atoms with Gasteiger partial charge in [-0.25, -0.2) is 14.5 Å². The molecule has 1 aliphatic rings. The van der Waals surface area contributed by atoms with Gasteiger partial charge in [0, 0.05) is 43.9 Å². The van der Waals surface area contributed by atoms with Crippen molar-refractivity contribution in [1.29, 1.82) is 0 Å². The van der Waals surface area contributed by atoms with E-state index in [0.717, 1.165) is 40.4 Å². The van der Waals surface area contributed by atoms with Crippen molar-refractivity contribution in [3.63, 3.8) is 0 Å². The van der Waals surface area contributed by atoms with Gasteiger partial charge >= 0.3 is 6.09 Å². The molecule has 0 unspecified atom stereocenters. The van der Waals surface area contributed by atoms with Gasteiger partial charge in [0.05, 0.1) is 30.7 Å². The Bertz CT molecular complexity index is 1380. The van der Waals surface area contributed by atoms with Crippen molar-refractivity contribution in [3.8, 4) is 11.3 Å². The number of rotatable bonds is 8. The van der Waals surface area contributed by atoms with Crippen LogP contribution >= 0.6 is 0 Å². The minimum atomic E-state index is -0.522. The van der Waals surface area contributed by atoms with Crippen LogP contribution in [0.25, 0.3) is 16.9 Å². The van der Waals surface area contributed by atoms with E-state index in [4.69, 9.17) is 9.72 Å². The second-order valence-corrected chi connectivity index (χ2v) is 10.7. The van der Waals surface area contributed by atoms with Crippen molar-refractivity contribution >= 4 is 17.4 Å². The molecule has 0 aliphatic heterocycles. The van der Waals surface area contributed by atoms with Gasteiger partial charge in [-0.15, -0.1) is 5.10 Å². The number of fused-ring (bicyclic) bond motifs is 1. The van der Waals surface area contributed by atoms with Gasteiger partial charge in [-0.1, -0.05) is 17.7 Å². The van der Waals surface area contributed by atoms with E-state index in [1.165, 1.54) is 19.3 Å². The largest absolute Gasteiger partial charge is 0.444 e. The summed E-state index contributed by atoms with van der Waals surface area (Å²) >= 11 is 0. The standard InChI is InChI=1S/C27H34N8O2/c1-27(2,3)37-26(36)34(13-19-6-5-7-19)15-20-8-9-25-30-23(16-33(25)14-20)17-35-18-24(31-32-35)21-10-22(28-4)12-29-11-21/h8-12,14,16,18-19,28H,5-7,13,15,17H2,1-4H3. The SMILES string of the molecule is CNc1cncc(-c2cn(Cc3cn4cc(CN(CC5CCC5)C(=O)OC(C)(C)C)ccc4n3)nn2)c1. The fourth-order valence-electron chi connectivity index (χ4n) is 4.39. The molecule has 1 N–H and O–H groups in total. The molecule has 4 heterocycles. The van der Waals surface area contributed by atoms with Crippen molar-refractivity contribution in [2.75, 3.05) is 18.9 Å². The van der Waals surface area contributed by atoms with Crippen molar-refractivity contribution in [1.82, 2.24) is 34.3 Å². The zero-order valence-corrected chi connectivity index (χ0v) is 21.9. The Balaban J connectivity index is 1.30. The number of hydrogen-bond donors (Lipinski definition) is 1. The maximum absolute atomic E-state index is 12.9. The van der Waals surface area contributed by atoms with Crippen LogP contribution in [0.15, 0.2) is 49.2 Å². The summed E-state index contributed by atoms with van der Waals surface area (Å²) in [5, 5.41) is 11.7. The molecule has 1 saturated carbocycles. The van der Waals surface area contributed by atoms with Crippen molar-refractivity contribution in [2.24, 2.45) is 5.92 Å². The van der Waals surface area contributed by atoms with Crippen LogP contribution < -0.4 is 5.32 Å². The predicted octanol–water partition coefficient (Wildman–Crippen LogP) is 4.62. The van der Waals surface area contributed by atoms with Crippen LogP contribution in [0.2, 0.25) is 0 Å². The number of nitrogens with zero attached hydrogens (tertiary/aromatic N) is 7. The number of nitrogens with one attached hydrogen (secondary N) is 1. The lowest BCUT2D eigenvalue weighted by Gasteiger charge is -2.33. The molecule has 5 rings (SSSR count). The van der Waals surface area contributed by atoms with Gasteiger partial charge in [0.2, 0.25) is 0 Å². The van der Waals surface area contributed by atoms with Crippen LogP contribution in [0.5, 0.6) is 0 Å². The van der Waals surface area contributed by atoms with E-state index in [1.54, 1.807) is 17.1 Å². The average Bonchev–Trinajstić information content (AvgIpc) is 3.45. The summed E-state index contributed by atoms with van der Waals surface area (Å²) in [5.41, 5.74) is 4.79. The van der Waals surface area contributed by atoms with Crippen LogP contribution in [0, 0.1) is 5.92 Å². The smallest absolute Gasteiger partial charge is 0.410 e. The molecule has 0 atom stereocenters. The number of aromatic nitrogens is 6. The number of ether oxygens (including phenoxy) is 1. The Morgan fingerprint density at radius 3 is 2.76 bits per heavy atom. The van der Waals surface area contributed by atoms with Gasteiger partial charge in [-0.05, 0) is 57.2 Å². The highest BCUT2D eigenvalue weighted by Gasteiger charge is 2.27. The third-order valence-corrected chi connectivity index (χ3v) is 6.48. The van der Waals surface area contributed by atoms with E-state index in [0.29, 0.717) is 19.0 Å². The monoisotopic (exact) mass is 502 g/mol. The van der Waals surface area contributed by atoms with E-state index < -0.39 is 5.60 Å². The highest BCUT2D eigenvalue weighted by atomic mass is 16.6. The molecule has 1 aliphatic carbocycles. The summed E-state index contributed by atoms with van der Waals surface area (Å²) in [5.74, 6) is 0.556. The second kappa shape index (κ2) is 10.2. The van der Waals surface area contributed by atoms with Crippen LogP contribution in [-0.2, 0) is 17.8 Å². The Kier molecular flexibility index (Phi) is 6.82. The molecular formula is C27H34N8O2.